The zero-order valence-electron chi connectivity index (χ0n) is 6.38. The molecule has 0 unspecified atom stereocenters. The Balaban J connectivity index is 2.98. The number of nitrogen functional groups attached to an aromatic ring is 1. The van der Waals surface area contributed by atoms with Gasteiger partial charge in [0.05, 0.1) is 0 Å². The minimum Gasteiger partial charge on any atom is -0.399 e. The van der Waals surface area contributed by atoms with Crippen LogP contribution in [0.1, 0.15) is 5.56 Å². The summed E-state index contributed by atoms with van der Waals surface area (Å²) >= 11 is 0. The van der Waals surface area contributed by atoms with Crippen LogP contribution in [0.4, 0.5) is 5.69 Å². The molecule has 1 rings (SSSR count). The van der Waals surface area contributed by atoms with Crippen molar-refractivity contribution in [2.24, 2.45) is 0 Å². The van der Waals surface area contributed by atoms with Crippen molar-refractivity contribution in [1.82, 2.24) is 0 Å². The largest absolute Gasteiger partial charge is 0.399 e. The number of nitrogens with two attached hydrogens (primary N) is 1. The van der Waals surface area contributed by atoms with Crippen molar-refractivity contribution in [3.63, 3.8) is 0 Å². The van der Waals surface area contributed by atoms with Crippen LogP contribution in [0.5, 0.6) is 0 Å². The van der Waals surface area contributed by atoms with Crippen molar-refractivity contribution < 1.29 is 0 Å². The summed E-state index contributed by atoms with van der Waals surface area (Å²) in [5.41, 5.74) is 8.27. The first-order valence-electron chi connectivity index (χ1n) is 3.41. The van der Waals surface area contributed by atoms with E-state index in [9.17, 15) is 0 Å². The molecule has 0 fully saturated rings. The fourth-order valence-corrected chi connectivity index (χ4v) is 0.815. The van der Waals surface area contributed by atoms with Crippen LogP contribution in [0.2, 0.25) is 0 Å². The third-order valence-corrected chi connectivity index (χ3v) is 1.53. The fourth-order valence-electron chi connectivity index (χ4n) is 0.815. The Morgan fingerprint density at radius 2 is 1.82 bits per heavy atom. The van der Waals surface area contributed by atoms with Gasteiger partial charge >= 0.3 is 0 Å². The number of allylic oxidation sites excluding steroid dienone is 2. The van der Waals surface area contributed by atoms with Crippen molar-refractivity contribution in [3.05, 3.63) is 49.1 Å². The van der Waals surface area contributed by atoms with Gasteiger partial charge in [-0.15, -0.1) is 0 Å². The lowest BCUT2D eigenvalue weighted by molar-refractivity contribution is 1.62. The Hall–Kier alpha value is -1.50. The van der Waals surface area contributed by atoms with Crippen molar-refractivity contribution in [2.75, 3.05) is 5.73 Å². The molecule has 2 N–H and O–H groups in total. The Kier molecular flexibility index (Phi) is 2.12. The molecule has 0 spiro atoms. The predicted octanol–water partition coefficient (Wildman–Crippen LogP) is 2.47. The first-order chi connectivity index (χ1) is 5.24. The molecule has 0 atom stereocenters. The highest BCUT2D eigenvalue weighted by Crippen LogP contribution is 2.14. The highest BCUT2D eigenvalue weighted by molar-refractivity contribution is 5.72. The SMILES string of the molecule is C=CC(=C)c1ccc(N)cc1. The van der Waals surface area contributed by atoms with Crippen LogP contribution in [-0.4, -0.2) is 0 Å². The maximum absolute atomic E-state index is 5.51. The third kappa shape index (κ3) is 1.71. The van der Waals surface area contributed by atoms with E-state index in [1.54, 1.807) is 6.08 Å². The van der Waals surface area contributed by atoms with Crippen LogP contribution in [0.25, 0.3) is 5.57 Å². The van der Waals surface area contributed by atoms with Gasteiger partial charge in [-0.2, -0.15) is 0 Å². The molecule has 11 heavy (non-hydrogen) atoms. The van der Waals surface area contributed by atoms with E-state index < -0.39 is 0 Å². The van der Waals surface area contributed by atoms with E-state index >= 15 is 0 Å². The second-order valence-electron chi connectivity index (χ2n) is 2.35. The number of rotatable bonds is 2. The van der Waals surface area contributed by atoms with Crippen LogP contribution < -0.4 is 5.73 Å². The quantitative estimate of drug-likeness (QED) is 0.502. The van der Waals surface area contributed by atoms with Gasteiger partial charge in [-0.3, -0.25) is 0 Å². The fraction of sp³-hybridized carbons (Fsp3) is 0. The molecule has 0 heterocycles. The predicted molar refractivity (Wildman–Crippen MR) is 50.1 cm³/mol. The lowest BCUT2D eigenvalue weighted by Gasteiger charge is -1.99. The number of anilines is 1. The molecule has 0 aliphatic heterocycles. The van der Waals surface area contributed by atoms with Gasteiger partial charge in [0.1, 0.15) is 0 Å². The number of hydrogen-bond donors (Lipinski definition) is 1. The summed E-state index contributed by atoms with van der Waals surface area (Å²) in [6.45, 7) is 7.44. The Labute approximate surface area is 66.9 Å². The van der Waals surface area contributed by atoms with Gasteiger partial charge in [-0.25, -0.2) is 0 Å². The van der Waals surface area contributed by atoms with Crippen molar-refractivity contribution >= 4 is 11.3 Å². The average Bonchev–Trinajstić information content (AvgIpc) is 2.05. The molecule has 1 aromatic carbocycles. The summed E-state index contributed by atoms with van der Waals surface area (Å²) in [6, 6.07) is 7.56. The summed E-state index contributed by atoms with van der Waals surface area (Å²) in [4.78, 5) is 0. The van der Waals surface area contributed by atoms with Crippen LogP contribution in [0, 0.1) is 0 Å². The van der Waals surface area contributed by atoms with Crippen molar-refractivity contribution in [3.8, 4) is 0 Å². The molecule has 0 radical (unpaired) electrons. The molecule has 0 saturated carbocycles. The minimum absolute atomic E-state index is 0.769. The summed E-state index contributed by atoms with van der Waals surface area (Å²) in [6.07, 6.45) is 1.73. The summed E-state index contributed by atoms with van der Waals surface area (Å²) < 4.78 is 0. The standard InChI is InChI=1S/C10H11N/c1-3-8(2)9-4-6-10(11)7-5-9/h3-7H,1-2,11H2. The van der Waals surface area contributed by atoms with Gasteiger partial charge in [0.15, 0.2) is 0 Å². The lowest BCUT2D eigenvalue weighted by Crippen LogP contribution is -1.84. The first-order valence-corrected chi connectivity index (χ1v) is 3.41. The van der Waals surface area contributed by atoms with Gasteiger partial charge in [0, 0.05) is 5.69 Å². The maximum atomic E-state index is 5.51. The second kappa shape index (κ2) is 3.06. The van der Waals surface area contributed by atoms with Crippen molar-refractivity contribution in [1.29, 1.82) is 0 Å². The van der Waals surface area contributed by atoms with Gasteiger partial charge < -0.3 is 5.73 Å². The van der Waals surface area contributed by atoms with Gasteiger partial charge in [-0.05, 0) is 23.3 Å². The Bertz CT molecular complexity index is 269. The normalized spacial score (nSPS) is 9.09. The highest BCUT2D eigenvalue weighted by atomic mass is 14.5. The van der Waals surface area contributed by atoms with Crippen molar-refractivity contribution in [2.45, 2.75) is 0 Å². The van der Waals surface area contributed by atoms with Crippen LogP contribution in [-0.2, 0) is 0 Å². The average molecular weight is 145 g/mol. The maximum Gasteiger partial charge on any atom is 0.0314 e. The number of benzene rings is 1. The van der Waals surface area contributed by atoms with E-state index in [2.05, 4.69) is 13.2 Å². The first kappa shape index (κ1) is 7.61. The molecule has 1 nitrogen and oxygen atoms in total. The van der Waals surface area contributed by atoms with E-state index in [0.29, 0.717) is 0 Å². The Morgan fingerprint density at radius 1 is 1.27 bits per heavy atom. The molecule has 0 bridgehead atoms. The summed E-state index contributed by atoms with van der Waals surface area (Å²) in [5.74, 6) is 0. The molecule has 1 aromatic rings. The molecule has 0 aliphatic rings. The highest BCUT2D eigenvalue weighted by Gasteiger charge is 1.91. The molecular weight excluding hydrogens is 134 g/mol. The van der Waals surface area contributed by atoms with E-state index in [4.69, 9.17) is 5.73 Å². The molecule has 0 saturated heterocycles. The zero-order chi connectivity index (χ0) is 8.27. The number of hydrogen-bond acceptors (Lipinski definition) is 1. The molecule has 0 aromatic heterocycles. The second-order valence-corrected chi connectivity index (χ2v) is 2.35. The molecule has 0 aliphatic carbocycles. The van der Waals surface area contributed by atoms with E-state index in [-0.39, 0.29) is 0 Å². The van der Waals surface area contributed by atoms with Gasteiger partial charge in [0.2, 0.25) is 0 Å². The zero-order valence-corrected chi connectivity index (χ0v) is 6.38. The van der Waals surface area contributed by atoms with E-state index in [0.717, 1.165) is 16.8 Å². The van der Waals surface area contributed by atoms with Crippen LogP contribution >= 0.6 is 0 Å². The van der Waals surface area contributed by atoms with Crippen LogP contribution in [0.15, 0.2) is 43.5 Å². The molecule has 1 heteroatoms. The topological polar surface area (TPSA) is 26.0 Å². The third-order valence-electron chi connectivity index (χ3n) is 1.53. The smallest absolute Gasteiger partial charge is 0.0314 e. The van der Waals surface area contributed by atoms with Crippen LogP contribution in [0.3, 0.4) is 0 Å². The Morgan fingerprint density at radius 3 is 2.27 bits per heavy atom. The van der Waals surface area contributed by atoms with E-state index in [1.807, 2.05) is 24.3 Å². The molecular formula is C10H11N. The van der Waals surface area contributed by atoms with E-state index in [1.165, 1.54) is 0 Å². The van der Waals surface area contributed by atoms with Gasteiger partial charge in [0.25, 0.3) is 0 Å². The lowest BCUT2D eigenvalue weighted by atomic mass is 10.1. The molecule has 0 amide bonds. The summed E-state index contributed by atoms with van der Waals surface area (Å²) in [7, 11) is 0. The molecule has 56 valence electrons. The monoisotopic (exact) mass is 145 g/mol. The van der Waals surface area contributed by atoms with Gasteiger partial charge in [-0.1, -0.05) is 31.4 Å². The minimum atomic E-state index is 0.769. The summed E-state index contributed by atoms with van der Waals surface area (Å²) in [5, 5.41) is 0.